The van der Waals surface area contributed by atoms with Gasteiger partial charge in [-0.3, -0.25) is 9.78 Å². The molecule has 0 radical (unpaired) electrons. The molecular weight excluding hydrogens is 320 g/mol. The molecule has 1 amide bonds. The Morgan fingerprint density at radius 1 is 1.17 bits per heavy atom. The molecule has 4 heteroatoms. The maximum Gasteiger partial charge on any atom is 0.248 e. The minimum Gasteiger partial charge on any atom is -0.322 e. The third kappa shape index (κ3) is 3.81. The van der Waals surface area contributed by atoms with Gasteiger partial charge in [-0.25, -0.2) is 0 Å². The minimum absolute atomic E-state index is 0.193. The highest BCUT2D eigenvalue weighted by Gasteiger charge is 2.05. The van der Waals surface area contributed by atoms with Crippen molar-refractivity contribution < 1.29 is 4.79 Å². The lowest BCUT2D eigenvalue weighted by atomic mass is 10.1. The number of benzene rings is 2. The van der Waals surface area contributed by atoms with Crippen molar-refractivity contribution in [3.63, 3.8) is 0 Å². The molecule has 120 valence electrons. The summed E-state index contributed by atoms with van der Waals surface area (Å²) < 4.78 is 0. The van der Waals surface area contributed by atoms with Gasteiger partial charge < -0.3 is 5.32 Å². The topological polar surface area (TPSA) is 42.0 Å². The van der Waals surface area contributed by atoms with Gasteiger partial charge in [0.15, 0.2) is 0 Å². The molecule has 0 spiro atoms. The van der Waals surface area contributed by atoms with E-state index in [4.69, 9.17) is 11.6 Å². The third-order valence-electron chi connectivity index (χ3n) is 3.78. The van der Waals surface area contributed by atoms with E-state index in [1.165, 1.54) is 11.6 Å². The normalized spacial score (nSPS) is 11.1. The van der Waals surface area contributed by atoms with Gasteiger partial charge in [0.25, 0.3) is 0 Å². The number of nitrogens with zero attached hydrogens (tertiary/aromatic N) is 1. The molecule has 1 aromatic heterocycles. The Labute approximate surface area is 146 Å². The lowest BCUT2D eigenvalue weighted by Crippen LogP contribution is -2.08. The van der Waals surface area contributed by atoms with Crippen LogP contribution in [0.3, 0.4) is 0 Å². The predicted octanol–water partition coefficient (Wildman–Crippen LogP) is 5.10. The number of carbonyl (C=O) groups excluding carboxylic acids is 1. The van der Waals surface area contributed by atoms with Crippen molar-refractivity contribution in [3.05, 3.63) is 77.0 Å². The second kappa shape index (κ2) is 7.28. The lowest BCUT2D eigenvalue weighted by molar-refractivity contribution is -0.111. The molecule has 0 atom stereocenters. The highest BCUT2D eigenvalue weighted by molar-refractivity contribution is 6.31. The van der Waals surface area contributed by atoms with Gasteiger partial charge in [0.2, 0.25) is 5.91 Å². The van der Waals surface area contributed by atoms with Crippen LogP contribution in [0.25, 0.3) is 17.0 Å². The Morgan fingerprint density at radius 3 is 2.71 bits per heavy atom. The number of hydrogen-bond acceptors (Lipinski definition) is 2. The molecule has 0 aliphatic rings. The van der Waals surface area contributed by atoms with Crippen molar-refractivity contribution in [2.24, 2.45) is 0 Å². The molecule has 3 rings (SSSR count). The standard InChI is InChI=1S/C20H17ClN2O/c1-2-14-3-5-15(6-4-14)7-10-20(24)23-19-11-12-22-18-9-8-16(21)13-17(18)19/h3-13H,2H2,1H3,(H,22,23,24)/b10-7+. The van der Waals surface area contributed by atoms with Gasteiger partial charge in [-0.2, -0.15) is 0 Å². The second-order valence-corrected chi connectivity index (χ2v) is 5.87. The number of aromatic nitrogens is 1. The summed E-state index contributed by atoms with van der Waals surface area (Å²) in [6.45, 7) is 2.11. The van der Waals surface area contributed by atoms with E-state index in [0.717, 1.165) is 22.9 Å². The summed E-state index contributed by atoms with van der Waals surface area (Å²) in [5, 5.41) is 4.31. The third-order valence-corrected chi connectivity index (χ3v) is 4.01. The van der Waals surface area contributed by atoms with Crippen molar-refractivity contribution >= 4 is 40.2 Å². The van der Waals surface area contributed by atoms with Gasteiger partial charge in [-0.15, -0.1) is 0 Å². The molecule has 1 heterocycles. The molecule has 3 nitrogen and oxygen atoms in total. The summed E-state index contributed by atoms with van der Waals surface area (Å²) in [5.74, 6) is -0.193. The van der Waals surface area contributed by atoms with Crippen LogP contribution in [0.5, 0.6) is 0 Å². The summed E-state index contributed by atoms with van der Waals surface area (Å²) in [5.41, 5.74) is 3.75. The van der Waals surface area contributed by atoms with Crippen LogP contribution in [-0.2, 0) is 11.2 Å². The fourth-order valence-corrected chi connectivity index (χ4v) is 2.61. The van der Waals surface area contributed by atoms with Crippen LogP contribution in [0.1, 0.15) is 18.1 Å². The Balaban J connectivity index is 1.77. The van der Waals surface area contributed by atoms with Crippen LogP contribution in [0.2, 0.25) is 5.02 Å². The van der Waals surface area contributed by atoms with Crippen molar-refractivity contribution in [2.45, 2.75) is 13.3 Å². The maximum atomic E-state index is 12.2. The Kier molecular flexibility index (Phi) is 4.92. The molecule has 0 aliphatic heterocycles. The molecule has 0 aliphatic carbocycles. The number of carbonyl (C=O) groups is 1. The molecule has 0 saturated carbocycles. The van der Waals surface area contributed by atoms with Crippen molar-refractivity contribution in [1.82, 2.24) is 4.98 Å². The summed E-state index contributed by atoms with van der Waals surface area (Å²) in [7, 11) is 0. The Bertz CT molecular complexity index is 901. The highest BCUT2D eigenvalue weighted by atomic mass is 35.5. The van der Waals surface area contributed by atoms with E-state index >= 15 is 0 Å². The zero-order chi connectivity index (χ0) is 16.9. The van der Waals surface area contributed by atoms with E-state index in [0.29, 0.717) is 10.7 Å². The van der Waals surface area contributed by atoms with Gasteiger partial charge in [0.1, 0.15) is 0 Å². The first-order chi connectivity index (χ1) is 11.7. The van der Waals surface area contributed by atoms with Gasteiger partial charge in [0.05, 0.1) is 11.2 Å². The fraction of sp³-hybridized carbons (Fsp3) is 0.100. The number of amides is 1. The van der Waals surface area contributed by atoms with Crippen molar-refractivity contribution in [1.29, 1.82) is 0 Å². The average molecular weight is 337 g/mol. The van der Waals surface area contributed by atoms with E-state index in [1.807, 2.05) is 18.2 Å². The molecule has 24 heavy (non-hydrogen) atoms. The predicted molar refractivity (Wildman–Crippen MR) is 100 cm³/mol. The maximum absolute atomic E-state index is 12.2. The molecule has 0 bridgehead atoms. The van der Waals surface area contributed by atoms with Crippen molar-refractivity contribution in [2.75, 3.05) is 5.32 Å². The molecular formula is C20H17ClN2O. The highest BCUT2D eigenvalue weighted by Crippen LogP contribution is 2.24. The number of pyridine rings is 1. The quantitative estimate of drug-likeness (QED) is 0.673. The molecule has 3 aromatic rings. The molecule has 0 fully saturated rings. The van der Waals surface area contributed by atoms with Crippen LogP contribution in [0.15, 0.2) is 60.8 Å². The van der Waals surface area contributed by atoms with Crippen LogP contribution in [-0.4, -0.2) is 10.9 Å². The zero-order valence-electron chi connectivity index (χ0n) is 13.3. The fourth-order valence-electron chi connectivity index (χ4n) is 2.44. The molecule has 1 N–H and O–H groups in total. The first kappa shape index (κ1) is 16.2. The molecule has 0 saturated heterocycles. The SMILES string of the molecule is CCc1ccc(/C=C/C(=O)Nc2ccnc3ccc(Cl)cc23)cc1. The number of halogens is 1. The summed E-state index contributed by atoms with van der Waals surface area (Å²) in [4.78, 5) is 16.5. The number of anilines is 1. The van der Waals surface area contributed by atoms with E-state index in [2.05, 4.69) is 29.4 Å². The number of hydrogen-bond donors (Lipinski definition) is 1. The Hall–Kier alpha value is -2.65. The van der Waals surface area contributed by atoms with Gasteiger partial charge in [-0.05, 0) is 47.9 Å². The van der Waals surface area contributed by atoms with Gasteiger partial charge in [0, 0.05) is 22.7 Å². The number of rotatable bonds is 4. The van der Waals surface area contributed by atoms with E-state index in [1.54, 1.807) is 30.5 Å². The minimum atomic E-state index is -0.193. The number of aryl methyl sites for hydroxylation is 1. The first-order valence-corrected chi connectivity index (χ1v) is 8.16. The molecule has 2 aromatic carbocycles. The van der Waals surface area contributed by atoms with Crippen LogP contribution in [0.4, 0.5) is 5.69 Å². The zero-order valence-corrected chi connectivity index (χ0v) is 14.0. The Morgan fingerprint density at radius 2 is 1.96 bits per heavy atom. The summed E-state index contributed by atoms with van der Waals surface area (Å²) in [6.07, 6.45) is 5.99. The summed E-state index contributed by atoms with van der Waals surface area (Å²) in [6, 6.07) is 15.3. The van der Waals surface area contributed by atoms with Crippen molar-refractivity contribution in [3.8, 4) is 0 Å². The van der Waals surface area contributed by atoms with Crippen LogP contribution in [0, 0.1) is 0 Å². The van der Waals surface area contributed by atoms with E-state index < -0.39 is 0 Å². The average Bonchev–Trinajstić information content (AvgIpc) is 2.61. The largest absolute Gasteiger partial charge is 0.322 e. The number of nitrogens with one attached hydrogen (secondary N) is 1. The van der Waals surface area contributed by atoms with Gasteiger partial charge in [-0.1, -0.05) is 42.8 Å². The van der Waals surface area contributed by atoms with E-state index in [9.17, 15) is 4.79 Å². The monoisotopic (exact) mass is 336 g/mol. The van der Waals surface area contributed by atoms with Gasteiger partial charge >= 0.3 is 0 Å². The smallest absolute Gasteiger partial charge is 0.248 e. The summed E-state index contributed by atoms with van der Waals surface area (Å²) >= 11 is 6.04. The molecule has 0 unspecified atom stereocenters. The lowest BCUT2D eigenvalue weighted by Gasteiger charge is -2.06. The van der Waals surface area contributed by atoms with Crippen LogP contribution < -0.4 is 5.32 Å². The van der Waals surface area contributed by atoms with Crippen LogP contribution >= 0.6 is 11.6 Å². The van der Waals surface area contributed by atoms with E-state index in [-0.39, 0.29) is 5.91 Å². The number of fused-ring (bicyclic) bond motifs is 1. The first-order valence-electron chi connectivity index (χ1n) is 7.78. The second-order valence-electron chi connectivity index (χ2n) is 5.44.